The molecule has 31 heavy (non-hydrogen) atoms. The van der Waals surface area contributed by atoms with Crippen molar-refractivity contribution in [3.05, 3.63) is 23.8 Å². The SMILES string of the molecule is C=C1CCC(C(C)C)C(OC2OC(COC(C)=O)C(O)C(O)C2O)/C=C(\C)CCC1=O. The van der Waals surface area contributed by atoms with Crippen LogP contribution in [0.2, 0.25) is 0 Å². The molecule has 0 radical (unpaired) electrons. The van der Waals surface area contributed by atoms with Crippen molar-refractivity contribution in [2.45, 2.75) is 90.2 Å². The highest BCUT2D eigenvalue weighted by molar-refractivity contribution is 5.94. The lowest BCUT2D eigenvalue weighted by Crippen LogP contribution is -2.60. The van der Waals surface area contributed by atoms with E-state index in [1.807, 2.05) is 13.0 Å². The van der Waals surface area contributed by atoms with Crippen LogP contribution < -0.4 is 0 Å². The molecule has 176 valence electrons. The van der Waals surface area contributed by atoms with Crippen LogP contribution in [0.5, 0.6) is 0 Å². The second-order valence-electron chi connectivity index (χ2n) is 8.90. The molecule has 0 bridgehead atoms. The maximum Gasteiger partial charge on any atom is 0.302 e. The van der Waals surface area contributed by atoms with Gasteiger partial charge in [0.2, 0.25) is 0 Å². The summed E-state index contributed by atoms with van der Waals surface area (Å²) in [5, 5.41) is 31.0. The molecule has 2 rings (SSSR count). The van der Waals surface area contributed by atoms with E-state index in [-0.39, 0.29) is 24.2 Å². The Morgan fingerprint density at radius 1 is 1.19 bits per heavy atom. The van der Waals surface area contributed by atoms with Crippen LogP contribution >= 0.6 is 0 Å². The van der Waals surface area contributed by atoms with Crippen LogP contribution in [0.4, 0.5) is 0 Å². The molecule has 8 heteroatoms. The quantitative estimate of drug-likeness (QED) is 0.335. The van der Waals surface area contributed by atoms with Crippen molar-refractivity contribution < 1.29 is 39.1 Å². The zero-order valence-electron chi connectivity index (χ0n) is 18.8. The van der Waals surface area contributed by atoms with Gasteiger partial charge in [0, 0.05) is 13.3 Å². The van der Waals surface area contributed by atoms with Crippen molar-refractivity contribution in [3.8, 4) is 0 Å². The van der Waals surface area contributed by atoms with E-state index in [1.54, 1.807) is 0 Å². The lowest BCUT2D eigenvalue weighted by molar-refractivity contribution is -0.312. The molecule has 0 aromatic carbocycles. The highest BCUT2D eigenvalue weighted by Crippen LogP contribution is 2.32. The number of allylic oxidation sites excluding steroid dienone is 2. The van der Waals surface area contributed by atoms with Gasteiger partial charge in [0.25, 0.3) is 0 Å². The molecule has 1 fully saturated rings. The fraction of sp³-hybridized carbons (Fsp3) is 0.739. The minimum atomic E-state index is -1.51. The van der Waals surface area contributed by atoms with Crippen LogP contribution in [0, 0.1) is 11.8 Å². The number of Topliss-reactive ketones (excluding diaryl/α,β-unsaturated/α-hetero) is 1. The average molecular weight is 441 g/mol. The van der Waals surface area contributed by atoms with Crippen LogP contribution in [-0.2, 0) is 23.8 Å². The first-order valence-corrected chi connectivity index (χ1v) is 10.9. The third-order valence-corrected chi connectivity index (χ3v) is 6.06. The molecule has 0 aromatic rings. The van der Waals surface area contributed by atoms with Crippen LogP contribution in [0.15, 0.2) is 23.8 Å². The summed E-state index contributed by atoms with van der Waals surface area (Å²) in [5.41, 5.74) is 1.58. The first-order chi connectivity index (χ1) is 14.5. The number of rotatable bonds is 5. The Hall–Kier alpha value is -1.58. The van der Waals surface area contributed by atoms with Crippen molar-refractivity contribution in [2.75, 3.05) is 6.61 Å². The van der Waals surface area contributed by atoms with Crippen LogP contribution in [0.3, 0.4) is 0 Å². The lowest BCUT2D eigenvalue weighted by atomic mass is 9.82. The highest BCUT2D eigenvalue weighted by Gasteiger charge is 2.46. The van der Waals surface area contributed by atoms with E-state index in [4.69, 9.17) is 14.2 Å². The Morgan fingerprint density at radius 2 is 1.87 bits per heavy atom. The number of ether oxygens (including phenoxy) is 3. The second kappa shape index (κ2) is 11.3. The standard InChI is InChI=1S/C23H36O8/c1-12(2)16-8-7-14(4)17(25)9-6-13(3)10-18(16)30-23-22(28)21(27)20(26)19(31-23)11-29-15(5)24/h10,12,16,18-23,26-28H,4,6-9,11H2,1-3,5H3/b13-10+. The molecule has 0 saturated carbocycles. The van der Waals surface area contributed by atoms with Gasteiger partial charge in [-0.25, -0.2) is 0 Å². The van der Waals surface area contributed by atoms with Gasteiger partial charge in [-0.3, -0.25) is 9.59 Å². The summed E-state index contributed by atoms with van der Waals surface area (Å²) in [6, 6.07) is 0. The molecule has 1 saturated heterocycles. The smallest absolute Gasteiger partial charge is 0.302 e. The first-order valence-electron chi connectivity index (χ1n) is 10.9. The van der Waals surface area contributed by atoms with Crippen molar-refractivity contribution >= 4 is 11.8 Å². The summed E-state index contributed by atoms with van der Waals surface area (Å²) in [6.07, 6.45) is -2.99. The molecule has 0 spiro atoms. The number of aliphatic hydroxyl groups excluding tert-OH is 3. The summed E-state index contributed by atoms with van der Waals surface area (Å²) >= 11 is 0. The van der Waals surface area contributed by atoms with Gasteiger partial charge in [-0.2, -0.15) is 0 Å². The van der Waals surface area contributed by atoms with E-state index < -0.39 is 42.8 Å². The van der Waals surface area contributed by atoms with Gasteiger partial charge in [-0.15, -0.1) is 0 Å². The van der Waals surface area contributed by atoms with Crippen molar-refractivity contribution in [3.63, 3.8) is 0 Å². The molecule has 0 amide bonds. The number of carbonyl (C=O) groups is 2. The summed E-state index contributed by atoms with van der Waals surface area (Å²) in [6.45, 7) is 10.9. The number of esters is 1. The van der Waals surface area contributed by atoms with E-state index >= 15 is 0 Å². The summed E-state index contributed by atoms with van der Waals surface area (Å²) < 4.78 is 16.8. The summed E-state index contributed by atoms with van der Waals surface area (Å²) in [5.74, 6) is -0.269. The lowest BCUT2D eigenvalue weighted by Gasteiger charge is -2.42. The van der Waals surface area contributed by atoms with Gasteiger partial charge in [0.05, 0.1) is 6.10 Å². The van der Waals surface area contributed by atoms with E-state index in [9.17, 15) is 24.9 Å². The van der Waals surface area contributed by atoms with Gasteiger partial charge in [-0.05, 0) is 43.6 Å². The molecule has 1 heterocycles. The Morgan fingerprint density at radius 3 is 2.48 bits per heavy atom. The molecule has 7 unspecified atom stereocenters. The number of aliphatic hydroxyl groups is 3. The number of hydrogen-bond acceptors (Lipinski definition) is 8. The first kappa shape index (κ1) is 25.7. The minimum Gasteiger partial charge on any atom is -0.463 e. The fourth-order valence-corrected chi connectivity index (χ4v) is 3.99. The monoisotopic (exact) mass is 440 g/mol. The largest absolute Gasteiger partial charge is 0.463 e. The van der Waals surface area contributed by atoms with Gasteiger partial charge in [0.15, 0.2) is 12.1 Å². The van der Waals surface area contributed by atoms with E-state index in [2.05, 4.69) is 20.4 Å². The Labute approximate surface area is 183 Å². The molecule has 2 aliphatic rings. The number of carbonyl (C=O) groups excluding carboxylic acids is 2. The van der Waals surface area contributed by atoms with Crippen molar-refractivity contribution in [1.29, 1.82) is 0 Å². The maximum absolute atomic E-state index is 12.2. The van der Waals surface area contributed by atoms with E-state index in [1.165, 1.54) is 6.92 Å². The molecule has 0 aromatic heterocycles. The number of hydrogen-bond donors (Lipinski definition) is 3. The molecule has 1 aliphatic heterocycles. The molecule has 8 nitrogen and oxygen atoms in total. The van der Waals surface area contributed by atoms with E-state index in [0.717, 1.165) is 5.57 Å². The van der Waals surface area contributed by atoms with Gasteiger partial charge >= 0.3 is 5.97 Å². The van der Waals surface area contributed by atoms with Crippen LogP contribution in [0.25, 0.3) is 0 Å². The summed E-state index contributed by atoms with van der Waals surface area (Å²) in [4.78, 5) is 23.3. The van der Waals surface area contributed by atoms with E-state index in [0.29, 0.717) is 31.3 Å². The zero-order valence-corrected chi connectivity index (χ0v) is 18.8. The Kier molecular flexibility index (Phi) is 9.39. The third-order valence-electron chi connectivity index (χ3n) is 6.06. The minimum absolute atomic E-state index is 0.00399. The summed E-state index contributed by atoms with van der Waals surface area (Å²) in [7, 11) is 0. The number of ketones is 1. The predicted molar refractivity (Wildman–Crippen MR) is 113 cm³/mol. The average Bonchev–Trinajstić information content (AvgIpc) is 2.70. The second-order valence-corrected chi connectivity index (χ2v) is 8.90. The van der Waals surface area contributed by atoms with Gasteiger partial charge < -0.3 is 29.5 Å². The normalized spacial score (nSPS) is 37.3. The van der Waals surface area contributed by atoms with Crippen molar-refractivity contribution in [1.82, 2.24) is 0 Å². The topological polar surface area (TPSA) is 123 Å². The zero-order chi connectivity index (χ0) is 23.3. The molecular weight excluding hydrogens is 404 g/mol. The van der Waals surface area contributed by atoms with Crippen LogP contribution in [-0.4, -0.2) is 70.5 Å². The maximum atomic E-state index is 12.2. The fourth-order valence-electron chi connectivity index (χ4n) is 3.99. The van der Waals surface area contributed by atoms with Gasteiger partial charge in [0.1, 0.15) is 31.0 Å². The Balaban J connectivity index is 2.25. The highest BCUT2D eigenvalue weighted by atomic mass is 16.7. The third kappa shape index (κ3) is 6.95. The predicted octanol–water partition coefficient (Wildman–Crippen LogP) is 1.66. The van der Waals surface area contributed by atoms with Gasteiger partial charge in [-0.1, -0.05) is 32.1 Å². The van der Waals surface area contributed by atoms with Crippen molar-refractivity contribution in [2.24, 2.45) is 11.8 Å². The Bertz CT molecular complexity index is 685. The molecule has 1 aliphatic carbocycles. The molecular formula is C23H36O8. The van der Waals surface area contributed by atoms with Crippen LogP contribution in [0.1, 0.15) is 53.4 Å². The molecule has 7 atom stereocenters. The molecule has 3 N–H and O–H groups in total.